The van der Waals surface area contributed by atoms with E-state index in [1.807, 2.05) is 25.9 Å². The van der Waals surface area contributed by atoms with Crippen LogP contribution in [0.3, 0.4) is 0 Å². The molecule has 1 unspecified atom stereocenters. The Balaban J connectivity index is 2.27. The molecule has 1 saturated heterocycles. The molecule has 0 saturated carbocycles. The fraction of sp³-hybridized carbons (Fsp3) is 0.700. The van der Waals surface area contributed by atoms with E-state index in [1.165, 1.54) is 0 Å². The third-order valence-corrected chi connectivity index (χ3v) is 2.89. The third kappa shape index (κ3) is 2.76. The van der Waals surface area contributed by atoms with Crippen molar-refractivity contribution in [3.05, 3.63) is 5.28 Å². The minimum absolute atomic E-state index is 0.172. The van der Waals surface area contributed by atoms with Gasteiger partial charge in [-0.3, -0.25) is 0 Å². The normalized spacial score (nSPS) is 24.2. The molecule has 0 aliphatic carbocycles. The van der Waals surface area contributed by atoms with Gasteiger partial charge in [0, 0.05) is 27.2 Å². The van der Waals surface area contributed by atoms with Gasteiger partial charge in [0.25, 0.3) is 0 Å². The van der Waals surface area contributed by atoms with Crippen LogP contribution in [0.4, 0.5) is 11.9 Å². The summed E-state index contributed by atoms with van der Waals surface area (Å²) in [5, 5.41) is 10.1. The molecule has 1 aromatic heterocycles. The number of rotatable bonds is 2. The van der Waals surface area contributed by atoms with Crippen LogP contribution in [0, 0.1) is 0 Å². The van der Waals surface area contributed by atoms with Crippen molar-refractivity contribution in [1.29, 1.82) is 0 Å². The van der Waals surface area contributed by atoms with Gasteiger partial charge in [-0.05, 0) is 24.9 Å². The van der Waals surface area contributed by atoms with Crippen molar-refractivity contribution >= 4 is 23.5 Å². The molecule has 0 amide bonds. The van der Waals surface area contributed by atoms with Crippen LogP contribution in [0.25, 0.3) is 0 Å². The predicted molar refractivity (Wildman–Crippen MR) is 66.6 cm³/mol. The SMILES string of the molecule is CN(C)c1nc(Cl)nc(N2CCC(C)(O)C2)n1. The molecule has 2 rings (SSSR count). The van der Waals surface area contributed by atoms with E-state index in [2.05, 4.69) is 15.0 Å². The maximum Gasteiger partial charge on any atom is 0.231 e. The summed E-state index contributed by atoms with van der Waals surface area (Å²) in [6, 6.07) is 0. The lowest BCUT2D eigenvalue weighted by molar-refractivity contribution is 0.0838. The largest absolute Gasteiger partial charge is 0.388 e. The Morgan fingerprint density at radius 2 is 2.06 bits per heavy atom. The van der Waals surface area contributed by atoms with Gasteiger partial charge in [0.15, 0.2) is 0 Å². The van der Waals surface area contributed by atoms with Crippen LogP contribution >= 0.6 is 11.6 Å². The summed E-state index contributed by atoms with van der Waals surface area (Å²) in [6.07, 6.45) is 0.702. The molecule has 0 aromatic carbocycles. The van der Waals surface area contributed by atoms with E-state index < -0.39 is 5.60 Å². The second-order valence-electron chi connectivity index (χ2n) is 4.77. The maximum absolute atomic E-state index is 9.92. The summed E-state index contributed by atoms with van der Waals surface area (Å²) in [7, 11) is 3.69. The Morgan fingerprint density at radius 3 is 2.59 bits per heavy atom. The number of hydrogen-bond donors (Lipinski definition) is 1. The quantitative estimate of drug-likeness (QED) is 0.835. The van der Waals surface area contributed by atoms with Crippen molar-refractivity contribution in [2.75, 3.05) is 37.0 Å². The summed E-state index contributed by atoms with van der Waals surface area (Å²) < 4.78 is 0. The molecule has 1 aliphatic heterocycles. The Bertz CT molecular complexity index is 423. The first-order valence-corrected chi connectivity index (χ1v) is 5.81. The maximum atomic E-state index is 9.92. The molecule has 2 heterocycles. The van der Waals surface area contributed by atoms with E-state index in [0.29, 0.717) is 24.9 Å². The number of aromatic nitrogens is 3. The lowest BCUT2D eigenvalue weighted by atomic mass is 10.1. The van der Waals surface area contributed by atoms with Gasteiger partial charge in [-0.2, -0.15) is 15.0 Å². The number of halogens is 1. The number of nitrogens with zero attached hydrogens (tertiary/aromatic N) is 5. The summed E-state index contributed by atoms with van der Waals surface area (Å²) in [6.45, 7) is 3.04. The molecule has 17 heavy (non-hydrogen) atoms. The number of hydrogen-bond acceptors (Lipinski definition) is 6. The molecule has 1 atom stereocenters. The molecule has 6 nitrogen and oxygen atoms in total. The smallest absolute Gasteiger partial charge is 0.231 e. The summed E-state index contributed by atoms with van der Waals surface area (Å²) in [4.78, 5) is 16.1. The summed E-state index contributed by atoms with van der Waals surface area (Å²) in [5.41, 5.74) is -0.683. The standard InChI is InChI=1S/C10H16ClN5O/c1-10(17)4-5-16(6-10)9-13-7(11)12-8(14-9)15(2)3/h17H,4-6H2,1-3H3. The van der Waals surface area contributed by atoms with E-state index in [4.69, 9.17) is 11.6 Å². The second-order valence-corrected chi connectivity index (χ2v) is 5.11. The van der Waals surface area contributed by atoms with E-state index in [1.54, 1.807) is 4.90 Å². The lowest BCUT2D eigenvalue weighted by Crippen LogP contribution is -2.31. The number of aliphatic hydroxyl groups is 1. The van der Waals surface area contributed by atoms with Gasteiger partial charge in [-0.15, -0.1) is 0 Å². The molecule has 0 radical (unpaired) electrons. The third-order valence-electron chi connectivity index (χ3n) is 2.72. The van der Waals surface area contributed by atoms with E-state index in [9.17, 15) is 5.11 Å². The van der Waals surface area contributed by atoms with Crippen LogP contribution in [-0.2, 0) is 0 Å². The fourth-order valence-corrected chi connectivity index (χ4v) is 1.94. The highest BCUT2D eigenvalue weighted by molar-refractivity contribution is 6.28. The molecule has 1 aromatic rings. The number of β-amino-alcohol motifs (C(OH)–C–C–N with tert-alkyl or cyclic N) is 1. The molecular formula is C10H16ClN5O. The van der Waals surface area contributed by atoms with Crippen molar-refractivity contribution < 1.29 is 5.11 Å². The van der Waals surface area contributed by atoms with Gasteiger partial charge >= 0.3 is 0 Å². The highest BCUT2D eigenvalue weighted by Gasteiger charge is 2.33. The minimum atomic E-state index is -0.683. The first-order valence-electron chi connectivity index (χ1n) is 5.44. The first kappa shape index (κ1) is 12.3. The molecule has 1 fully saturated rings. The molecule has 0 bridgehead atoms. The first-order chi connectivity index (χ1) is 7.87. The Kier molecular flexibility index (Phi) is 3.09. The zero-order chi connectivity index (χ0) is 12.6. The van der Waals surface area contributed by atoms with Gasteiger partial charge < -0.3 is 14.9 Å². The zero-order valence-electron chi connectivity index (χ0n) is 10.2. The molecular weight excluding hydrogens is 242 g/mol. The van der Waals surface area contributed by atoms with Gasteiger partial charge in [-0.25, -0.2) is 0 Å². The monoisotopic (exact) mass is 257 g/mol. The molecule has 1 N–H and O–H groups in total. The number of anilines is 2. The van der Waals surface area contributed by atoms with Gasteiger partial charge in [0.1, 0.15) is 0 Å². The topological polar surface area (TPSA) is 65.4 Å². The van der Waals surface area contributed by atoms with Gasteiger partial charge in [0.05, 0.1) is 5.60 Å². The van der Waals surface area contributed by atoms with Crippen molar-refractivity contribution in [1.82, 2.24) is 15.0 Å². The predicted octanol–water partition coefficient (Wildman–Crippen LogP) is 0.552. The van der Waals surface area contributed by atoms with Crippen LogP contribution in [0.1, 0.15) is 13.3 Å². The van der Waals surface area contributed by atoms with E-state index >= 15 is 0 Å². The highest BCUT2D eigenvalue weighted by atomic mass is 35.5. The molecule has 0 spiro atoms. The van der Waals surface area contributed by atoms with Crippen molar-refractivity contribution in [2.45, 2.75) is 18.9 Å². The van der Waals surface area contributed by atoms with Gasteiger partial charge in [-0.1, -0.05) is 0 Å². The van der Waals surface area contributed by atoms with E-state index in [0.717, 1.165) is 6.54 Å². The average Bonchev–Trinajstić information content (AvgIpc) is 2.58. The van der Waals surface area contributed by atoms with Gasteiger partial charge in [0.2, 0.25) is 17.2 Å². The van der Waals surface area contributed by atoms with Crippen molar-refractivity contribution in [2.24, 2.45) is 0 Å². The molecule has 7 heteroatoms. The lowest BCUT2D eigenvalue weighted by Gasteiger charge is -2.20. The molecule has 94 valence electrons. The summed E-state index contributed by atoms with van der Waals surface area (Å²) >= 11 is 5.87. The molecule has 1 aliphatic rings. The summed E-state index contributed by atoms with van der Waals surface area (Å²) in [5.74, 6) is 1.04. The van der Waals surface area contributed by atoms with E-state index in [-0.39, 0.29) is 5.28 Å². The van der Waals surface area contributed by atoms with Crippen LogP contribution < -0.4 is 9.80 Å². The minimum Gasteiger partial charge on any atom is -0.388 e. The van der Waals surface area contributed by atoms with Crippen LogP contribution in [0.5, 0.6) is 0 Å². The Labute approximate surface area is 105 Å². The van der Waals surface area contributed by atoms with Crippen LogP contribution in [-0.4, -0.2) is 52.8 Å². The Hall–Kier alpha value is -1.14. The highest BCUT2D eigenvalue weighted by Crippen LogP contribution is 2.25. The van der Waals surface area contributed by atoms with Crippen LogP contribution in [0.15, 0.2) is 0 Å². The fourth-order valence-electron chi connectivity index (χ4n) is 1.79. The Morgan fingerprint density at radius 1 is 1.35 bits per heavy atom. The van der Waals surface area contributed by atoms with Crippen LogP contribution in [0.2, 0.25) is 5.28 Å². The average molecular weight is 258 g/mol. The second kappa shape index (κ2) is 4.27. The zero-order valence-corrected chi connectivity index (χ0v) is 10.9. The van der Waals surface area contributed by atoms with Crippen molar-refractivity contribution in [3.63, 3.8) is 0 Å². The van der Waals surface area contributed by atoms with Crippen molar-refractivity contribution in [3.8, 4) is 0 Å².